The highest BCUT2D eigenvalue weighted by Gasteiger charge is 2.24. The molecule has 0 saturated heterocycles. The van der Waals surface area contributed by atoms with Crippen molar-refractivity contribution in [2.24, 2.45) is 0 Å². The zero-order chi connectivity index (χ0) is 15.8. The SMILES string of the molecule is CNCCN(C)C(=O)C(Sc1ccccc1)c1ccccc1.Cl. The van der Waals surface area contributed by atoms with Crippen LogP contribution in [0.3, 0.4) is 0 Å². The molecule has 0 bridgehead atoms. The van der Waals surface area contributed by atoms with E-state index in [0.29, 0.717) is 6.54 Å². The number of hydrogen-bond donors (Lipinski definition) is 1. The van der Waals surface area contributed by atoms with Gasteiger partial charge in [-0.3, -0.25) is 4.79 Å². The van der Waals surface area contributed by atoms with Gasteiger partial charge in [-0.05, 0) is 24.7 Å². The normalized spacial score (nSPS) is 11.4. The molecule has 0 heterocycles. The van der Waals surface area contributed by atoms with Crippen molar-refractivity contribution in [1.82, 2.24) is 10.2 Å². The monoisotopic (exact) mass is 350 g/mol. The van der Waals surface area contributed by atoms with E-state index >= 15 is 0 Å². The van der Waals surface area contributed by atoms with Crippen molar-refractivity contribution >= 4 is 30.1 Å². The summed E-state index contributed by atoms with van der Waals surface area (Å²) in [5.41, 5.74) is 1.04. The second-order valence-corrected chi connectivity index (χ2v) is 6.26. The Kier molecular flexibility index (Phi) is 8.77. The molecule has 0 aliphatic heterocycles. The van der Waals surface area contributed by atoms with Crippen LogP contribution in [0.15, 0.2) is 65.6 Å². The van der Waals surface area contributed by atoms with Gasteiger partial charge in [-0.25, -0.2) is 0 Å². The summed E-state index contributed by atoms with van der Waals surface area (Å²) >= 11 is 1.60. The van der Waals surface area contributed by atoms with E-state index in [4.69, 9.17) is 0 Å². The zero-order valence-electron chi connectivity index (χ0n) is 13.4. The highest BCUT2D eigenvalue weighted by atomic mass is 35.5. The molecule has 1 N–H and O–H groups in total. The Morgan fingerprint density at radius 3 is 2.22 bits per heavy atom. The van der Waals surface area contributed by atoms with Crippen molar-refractivity contribution in [2.75, 3.05) is 27.2 Å². The minimum absolute atomic E-state index is 0. The maximum absolute atomic E-state index is 12.8. The van der Waals surface area contributed by atoms with Gasteiger partial charge in [0.2, 0.25) is 5.91 Å². The Hall–Kier alpha value is -1.49. The number of hydrogen-bond acceptors (Lipinski definition) is 3. The molecular formula is C18H23ClN2OS. The summed E-state index contributed by atoms with van der Waals surface area (Å²) in [4.78, 5) is 15.7. The summed E-state index contributed by atoms with van der Waals surface area (Å²) in [7, 11) is 3.76. The molecule has 1 amide bonds. The van der Waals surface area contributed by atoms with Gasteiger partial charge in [0.05, 0.1) is 0 Å². The first kappa shape index (κ1) is 19.6. The molecule has 2 rings (SSSR count). The molecule has 3 nitrogen and oxygen atoms in total. The second kappa shape index (κ2) is 10.3. The van der Waals surface area contributed by atoms with E-state index in [1.807, 2.05) is 74.8 Å². The predicted octanol–water partition coefficient (Wildman–Crippen LogP) is 3.62. The second-order valence-electron chi connectivity index (χ2n) is 5.08. The number of nitrogens with one attached hydrogen (secondary N) is 1. The Balaban J connectivity index is 0.00000264. The van der Waals surface area contributed by atoms with Gasteiger partial charge in [0.1, 0.15) is 5.25 Å². The lowest BCUT2D eigenvalue weighted by Gasteiger charge is -2.24. The Morgan fingerprint density at radius 1 is 1.09 bits per heavy atom. The van der Waals surface area contributed by atoms with Crippen LogP contribution in [0.1, 0.15) is 10.8 Å². The molecule has 1 atom stereocenters. The molecule has 0 saturated carbocycles. The van der Waals surface area contributed by atoms with E-state index in [9.17, 15) is 4.79 Å². The molecule has 0 radical (unpaired) electrons. The van der Waals surface area contributed by atoms with Crippen molar-refractivity contribution in [3.63, 3.8) is 0 Å². The number of halogens is 1. The number of carbonyl (C=O) groups is 1. The van der Waals surface area contributed by atoms with Gasteiger partial charge < -0.3 is 10.2 Å². The predicted molar refractivity (Wildman–Crippen MR) is 100 cm³/mol. The van der Waals surface area contributed by atoms with E-state index in [1.54, 1.807) is 16.7 Å². The van der Waals surface area contributed by atoms with Crippen molar-refractivity contribution in [3.8, 4) is 0 Å². The first-order valence-corrected chi connectivity index (χ1v) is 8.26. The van der Waals surface area contributed by atoms with Gasteiger partial charge in [0.25, 0.3) is 0 Å². The standard InChI is InChI=1S/C18H22N2OS.ClH/c1-19-13-14-20(2)18(21)17(15-9-5-3-6-10-15)22-16-11-7-4-8-12-16;/h3-12,17,19H,13-14H2,1-2H3;1H. The molecule has 2 aromatic carbocycles. The molecule has 0 aromatic heterocycles. The third-order valence-corrected chi connectivity index (χ3v) is 4.65. The summed E-state index contributed by atoms with van der Waals surface area (Å²) in [5, 5.41) is 2.86. The molecule has 0 aliphatic rings. The fourth-order valence-electron chi connectivity index (χ4n) is 2.11. The highest BCUT2D eigenvalue weighted by molar-refractivity contribution is 8.00. The van der Waals surface area contributed by atoms with E-state index in [0.717, 1.165) is 17.0 Å². The number of benzene rings is 2. The number of amides is 1. The molecule has 2 aromatic rings. The topological polar surface area (TPSA) is 32.3 Å². The maximum atomic E-state index is 12.8. The molecular weight excluding hydrogens is 328 g/mol. The summed E-state index contributed by atoms with van der Waals surface area (Å²) < 4.78 is 0. The lowest BCUT2D eigenvalue weighted by molar-refractivity contribution is -0.129. The summed E-state index contributed by atoms with van der Waals surface area (Å²) in [6.07, 6.45) is 0. The van der Waals surface area contributed by atoms with Crippen LogP contribution in [0.4, 0.5) is 0 Å². The first-order valence-electron chi connectivity index (χ1n) is 7.38. The van der Waals surface area contributed by atoms with Crippen molar-refractivity contribution in [2.45, 2.75) is 10.1 Å². The minimum Gasteiger partial charge on any atom is -0.343 e. The van der Waals surface area contributed by atoms with Crippen LogP contribution in [0, 0.1) is 0 Å². The zero-order valence-corrected chi connectivity index (χ0v) is 15.1. The average molecular weight is 351 g/mol. The summed E-state index contributed by atoms with van der Waals surface area (Å²) in [5.74, 6) is 0.135. The number of rotatable bonds is 7. The van der Waals surface area contributed by atoms with Crippen molar-refractivity contribution < 1.29 is 4.79 Å². The molecule has 0 spiro atoms. The van der Waals surface area contributed by atoms with Crippen molar-refractivity contribution in [1.29, 1.82) is 0 Å². The first-order chi connectivity index (χ1) is 10.7. The Bertz CT molecular complexity index is 580. The van der Waals surface area contributed by atoms with Gasteiger partial charge in [-0.15, -0.1) is 24.2 Å². The van der Waals surface area contributed by atoms with Gasteiger partial charge in [-0.1, -0.05) is 48.5 Å². The van der Waals surface area contributed by atoms with Crippen LogP contribution >= 0.6 is 24.2 Å². The van der Waals surface area contributed by atoms with Gasteiger partial charge >= 0.3 is 0 Å². The molecule has 0 fully saturated rings. The smallest absolute Gasteiger partial charge is 0.240 e. The van der Waals surface area contributed by atoms with Crippen LogP contribution in [0.5, 0.6) is 0 Å². The van der Waals surface area contributed by atoms with Crippen LogP contribution in [-0.4, -0.2) is 38.0 Å². The number of thioether (sulfide) groups is 1. The van der Waals surface area contributed by atoms with E-state index in [2.05, 4.69) is 5.32 Å². The van der Waals surface area contributed by atoms with Crippen LogP contribution in [-0.2, 0) is 4.79 Å². The quantitative estimate of drug-likeness (QED) is 0.774. The van der Waals surface area contributed by atoms with Gasteiger partial charge in [-0.2, -0.15) is 0 Å². The Labute approximate surface area is 148 Å². The average Bonchev–Trinajstić information content (AvgIpc) is 2.58. The van der Waals surface area contributed by atoms with Crippen LogP contribution in [0.25, 0.3) is 0 Å². The third-order valence-electron chi connectivity index (χ3n) is 3.40. The largest absolute Gasteiger partial charge is 0.343 e. The number of likely N-dealkylation sites (N-methyl/N-ethyl adjacent to an activating group) is 2. The molecule has 1 unspecified atom stereocenters. The van der Waals surface area contributed by atoms with E-state index in [-0.39, 0.29) is 23.6 Å². The number of carbonyl (C=O) groups excluding carboxylic acids is 1. The third kappa shape index (κ3) is 5.90. The minimum atomic E-state index is -0.217. The van der Waals surface area contributed by atoms with Gasteiger partial charge in [0.15, 0.2) is 0 Å². The van der Waals surface area contributed by atoms with Gasteiger partial charge in [0, 0.05) is 25.0 Å². The van der Waals surface area contributed by atoms with Crippen LogP contribution in [0.2, 0.25) is 0 Å². The van der Waals surface area contributed by atoms with E-state index in [1.165, 1.54) is 0 Å². The molecule has 0 aliphatic carbocycles. The van der Waals surface area contributed by atoms with Crippen molar-refractivity contribution in [3.05, 3.63) is 66.2 Å². The van der Waals surface area contributed by atoms with Crippen LogP contribution < -0.4 is 5.32 Å². The maximum Gasteiger partial charge on any atom is 0.240 e. The highest BCUT2D eigenvalue weighted by Crippen LogP contribution is 2.36. The lowest BCUT2D eigenvalue weighted by Crippen LogP contribution is -2.35. The lowest BCUT2D eigenvalue weighted by atomic mass is 10.1. The fourth-order valence-corrected chi connectivity index (χ4v) is 3.27. The Morgan fingerprint density at radius 2 is 1.65 bits per heavy atom. The molecule has 23 heavy (non-hydrogen) atoms. The number of nitrogens with zero attached hydrogens (tertiary/aromatic N) is 1. The fraction of sp³-hybridized carbons (Fsp3) is 0.278. The molecule has 5 heteroatoms. The molecule has 124 valence electrons. The van der Waals surface area contributed by atoms with E-state index < -0.39 is 0 Å². The summed E-state index contributed by atoms with van der Waals surface area (Å²) in [6, 6.07) is 20.0. The summed E-state index contributed by atoms with van der Waals surface area (Å²) in [6.45, 7) is 1.49.